The van der Waals surface area contributed by atoms with Gasteiger partial charge in [0.25, 0.3) is 5.91 Å². The van der Waals surface area contributed by atoms with Crippen molar-refractivity contribution in [1.82, 2.24) is 5.32 Å². The third-order valence-corrected chi connectivity index (χ3v) is 2.49. The Labute approximate surface area is 96.1 Å². The molecule has 0 spiro atoms. The Kier molecular flexibility index (Phi) is 4.53. The zero-order valence-electron chi connectivity index (χ0n) is 9.66. The van der Waals surface area contributed by atoms with Crippen molar-refractivity contribution in [2.45, 2.75) is 32.7 Å². The number of nitriles is 1. The average Bonchev–Trinajstić information content (AvgIpc) is 2.30. The van der Waals surface area contributed by atoms with Gasteiger partial charge in [0, 0.05) is 11.6 Å². The highest BCUT2D eigenvalue weighted by Crippen LogP contribution is 2.05. The topological polar surface area (TPSA) is 52.9 Å². The second-order valence-electron chi connectivity index (χ2n) is 3.81. The monoisotopic (exact) mass is 216 g/mol. The predicted molar refractivity (Wildman–Crippen MR) is 63.0 cm³/mol. The molecule has 0 aliphatic rings. The molecule has 0 aromatic heterocycles. The van der Waals surface area contributed by atoms with E-state index in [1.807, 2.05) is 26.0 Å². The van der Waals surface area contributed by atoms with Crippen LogP contribution in [-0.2, 0) is 6.42 Å². The fraction of sp³-hybridized carbons (Fsp3) is 0.385. The highest BCUT2D eigenvalue weighted by molar-refractivity contribution is 5.94. The molecule has 0 saturated carbocycles. The third-order valence-electron chi connectivity index (χ3n) is 2.49. The van der Waals surface area contributed by atoms with Crippen molar-refractivity contribution in [3.8, 4) is 6.07 Å². The van der Waals surface area contributed by atoms with Gasteiger partial charge in [-0.05, 0) is 31.0 Å². The van der Waals surface area contributed by atoms with Gasteiger partial charge in [-0.1, -0.05) is 19.1 Å². The number of hydrogen-bond acceptors (Lipinski definition) is 2. The standard InChI is InChI=1S/C13H16N2O/c1-3-10(2)15-13(16)12-6-4-11(5-7-12)8-9-14/h4-7,10H,3,8H2,1-2H3,(H,15,16). The lowest BCUT2D eigenvalue weighted by molar-refractivity contribution is 0.0939. The van der Waals surface area contributed by atoms with Crippen LogP contribution in [0.3, 0.4) is 0 Å². The fourth-order valence-corrected chi connectivity index (χ4v) is 1.27. The Bertz CT molecular complexity index is 389. The molecule has 0 fully saturated rings. The van der Waals surface area contributed by atoms with E-state index in [4.69, 9.17) is 5.26 Å². The minimum absolute atomic E-state index is 0.0575. The lowest BCUT2D eigenvalue weighted by Gasteiger charge is -2.11. The van der Waals surface area contributed by atoms with Crippen LogP contribution in [0.15, 0.2) is 24.3 Å². The molecular formula is C13H16N2O. The van der Waals surface area contributed by atoms with Gasteiger partial charge in [0.1, 0.15) is 0 Å². The van der Waals surface area contributed by atoms with Crippen molar-refractivity contribution in [2.24, 2.45) is 0 Å². The summed E-state index contributed by atoms with van der Waals surface area (Å²) in [7, 11) is 0. The molecule has 0 aliphatic carbocycles. The summed E-state index contributed by atoms with van der Waals surface area (Å²) in [6.07, 6.45) is 1.30. The van der Waals surface area contributed by atoms with E-state index in [2.05, 4.69) is 11.4 Å². The van der Waals surface area contributed by atoms with Crippen LogP contribution in [0.2, 0.25) is 0 Å². The molecule has 1 N–H and O–H groups in total. The number of rotatable bonds is 4. The zero-order chi connectivity index (χ0) is 12.0. The fourth-order valence-electron chi connectivity index (χ4n) is 1.27. The van der Waals surface area contributed by atoms with E-state index in [0.717, 1.165) is 12.0 Å². The smallest absolute Gasteiger partial charge is 0.251 e. The van der Waals surface area contributed by atoms with Crippen molar-refractivity contribution in [3.63, 3.8) is 0 Å². The van der Waals surface area contributed by atoms with Gasteiger partial charge in [-0.25, -0.2) is 0 Å². The quantitative estimate of drug-likeness (QED) is 0.839. The molecule has 1 amide bonds. The lowest BCUT2D eigenvalue weighted by Crippen LogP contribution is -2.31. The summed E-state index contributed by atoms with van der Waals surface area (Å²) < 4.78 is 0. The second-order valence-corrected chi connectivity index (χ2v) is 3.81. The molecule has 16 heavy (non-hydrogen) atoms. The molecular weight excluding hydrogens is 200 g/mol. The Morgan fingerprint density at radius 1 is 1.44 bits per heavy atom. The number of hydrogen-bond donors (Lipinski definition) is 1. The van der Waals surface area contributed by atoms with Crippen LogP contribution in [0, 0.1) is 11.3 Å². The number of carbonyl (C=O) groups is 1. The minimum Gasteiger partial charge on any atom is -0.350 e. The van der Waals surface area contributed by atoms with Gasteiger partial charge in [-0.15, -0.1) is 0 Å². The summed E-state index contributed by atoms with van der Waals surface area (Å²) in [5, 5.41) is 11.4. The summed E-state index contributed by atoms with van der Waals surface area (Å²) in [4.78, 5) is 11.7. The van der Waals surface area contributed by atoms with Crippen molar-refractivity contribution in [2.75, 3.05) is 0 Å². The number of amides is 1. The molecule has 1 aromatic carbocycles. The van der Waals surface area contributed by atoms with E-state index < -0.39 is 0 Å². The Morgan fingerprint density at radius 2 is 2.06 bits per heavy atom. The molecule has 0 bridgehead atoms. The molecule has 0 heterocycles. The maximum atomic E-state index is 11.7. The summed E-state index contributed by atoms with van der Waals surface area (Å²) >= 11 is 0. The van der Waals surface area contributed by atoms with Gasteiger partial charge in [0.05, 0.1) is 12.5 Å². The first-order valence-electron chi connectivity index (χ1n) is 5.44. The normalized spacial score (nSPS) is 11.6. The second kappa shape index (κ2) is 5.92. The number of nitrogens with one attached hydrogen (secondary N) is 1. The molecule has 3 heteroatoms. The first-order chi connectivity index (χ1) is 7.67. The molecule has 1 aromatic rings. The van der Waals surface area contributed by atoms with Crippen LogP contribution in [0.25, 0.3) is 0 Å². The maximum Gasteiger partial charge on any atom is 0.251 e. The van der Waals surface area contributed by atoms with Crippen molar-refractivity contribution in [1.29, 1.82) is 5.26 Å². The first kappa shape index (κ1) is 12.3. The maximum absolute atomic E-state index is 11.7. The highest BCUT2D eigenvalue weighted by Gasteiger charge is 2.07. The summed E-state index contributed by atoms with van der Waals surface area (Å²) in [6, 6.07) is 9.40. The van der Waals surface area contributed by atoms with Crippen LogP contribution in [0.1, 0.15) is 36.2 Å². The van der Waals surface area contributed by atoms with Crippen LogP contribution in [0.5, 0.6) is 0 Å². The number of nitrogens with zero attached hydrogens (tertiary/aromatic N) is 1. The zero-order valence-corrected chi connectivity index (χ0v) is 9.66. The Hall–Kier alpha value is -1.82. The van der Waals surface area contributed by atoms with E-state index in [1.165, 1.54) is 0 Å². The van der Waals surface area contributed by atoms with E-state index in [0.29, 0.717) is 12.0 Å². The largest absolute Gasteiger partial charge is 0.350 e. The summed E-state index contributed by atoms with van der Waals surface area (Å²) in [5.74, 6) is -0.0575. The molecule has 84 valence electrons. The summed E-state index contributed by atoms with van der Waals surface area (Å²) in [5.41, 5.74) is 1.57. The SMILES string of the molecule is CCC(C)NC(=O)c1ccc(CC#N)cc1. The van der Waals surface area contributed by atoms with Crippen LogP contribution in [0.4, 0.5) is 0 Å². The molecule has 1 atom stereocenters. The summed E-state index contributed by atoms with van der Waals surface area (Å²) in [6.45, 7) is 4.00. The highest BCUT2D eigenvalue weighted by atomic mass is 16.1. The molecule has 1 rings (SSSR count). The molecule has 0 aliphatic heterocycles. The van der Waals surface area contributed by atoms with Crippen molar-refractivity contribution >= 4 is 5.91 Å². The van der Waals surface area contributed by atoms with E-state index >= 15 is 0 Å². The van der Waals surface area contributed by atoms with Crippen LogP contribution < -0.4 is 5.32 Å². The Morgan fingerprint density at radius 3 is 2.56 bits per heavy atom. The first-order valence-corrected chi connectivity index (χ1v) is 5.44. The molecule has 3 nitrogen and oxygen atoms in total. The van der Waals surface area contributed by atoms with Gasteiger partial charge in [0.15, 0.2) is 0 Å². The van der Waals surface area contributed by atoms with Gasteiger partial charge in [-0.3, -0.25) is 4.79 Å². The third kappa shape index (κ3) is 3.39. The van der Waals surface area contributed by atoms with Gasteiger partial charge >= 0.3 is 0 Å². The Balaban J connectivity index is 2.67. The van der Waals surface area contributed by atoms with Gasteiger partial charge in [-0.2, -0.15) is 5.26 Å². The van der Waals surface area contributed by atoms with Crippen molar-refractivity contribution in [3.05, 3.63) is 35.4 Å². The number of carbonyl (C=O) groups excluding carboxylic acids is 1. The predicted octanol–water partition coefficient (Wildman–Crippen LogP) is 2.28. The number of benzene rings is 1. The van der Waals surface area contributed by atoms with Crippen LogP contribution >= 0.6 is 0 Å². The van der Waals surface area contributed by atoms with Crippen LogP contribution in [-0.4, -0.2) is 11.9 Å². The van der Waals surface area contributed by atoms with E-state index in [9.17, 15) is 4.79 Å². The lowest BCUT2D eigenvalue weighted by atomic mass is 10.1. The van der Waals surface area contributed by atoms with Crippen molar-refractivity contribution < 1.29 is 4.79 Å². The van der Waals surface area contributed by atoms with Gasteiger partial charge < -0.3 is 5.32 Å². The average molecular weight is 216 g/mol. The van der Waals surface area contributed by atoms with E-state index in [1.54, 1.807) is 12.1 Å². The molecule has 0 saturated heterocycles. The van der Waals surface area contributed by atoms with Gasteiger partial charge in [0.2, 0.25) is 0 Å². The molecule has 1 unspecified atom stereocenters. The molecule has 0 radical (unpaired) electrons. The minimum atomic E-state index is -0.0575. The van der Waals surface area contributed by atoms with E-state index in [-0.39, 0.29) is 11.9 Å².